The van der Waals surface area contributed by atoms with Crippen LogP contribution in [-0.4, -0.2) is 47.0 Å². The number of benzene rings is 1. The maximum absolute atomic E-state index is 12.5. The molecular weight excluding hydrogens is 420 g/mol. The van der Waals surface area contributed by atoms with E-state index in [9.17, 15) is 4.79 Å². The van der Waals surface area contributed by atoms with Gasteiger partial charge in [-0.15, -0.1) is 0 Å². The second kappa shape index (κ2) is 10.4. The molecule has 1 N–H and O–H groups in total. The average Bonchev–Trinajstić information content (AvgIpc) is 3.13. The van der Waals surface area contributed by atoms with Gasteiger partial charge in [-0.3, -0.25) is 4.90 Å². The van der Waals surface area contributed by atoms with E-state index in [0.717, 1.165) is 11.3 Å². The molecule has 1 aromatic carbocycles. The fraction of sp³-hybridized carbons (Fsp3) is 0.560. The van der Waals surface area contributed by atoms with Crippen LogP contribution < -0.4 is 15.0 Å². The van der Waals surface area contributed by atoms with E-state index in [2.05, 4.69) is 29.1 Å². The standard InChI is InChI=1S/C25H36N4O4/c1-16(2)14-31-20-10-8-9-19(13-20)17(3)27-23-26-12-11-22(28-23)29-21(15-32-24(29)30)18(4)33-25(5,6)7/h8-13,16-18,21H,14-15H2,1-7H3,(H,26,27,28)/t17-,18+,21+/m0/s1. The van der Waals surface area contributed by atoms with Gasteiger partial charge in [0.05, 0.1) is 24.4 Å². The highest BCUT2D eigenvalue weighted by molar-refractivity contribution is 5.89. The molecule has 2 heterocycles. The van der Waals surface area contributed by atoms with E-state index in [-0.39, 0.29) is 30.4 Å². The molecule has 1 aromatic heterocycles. The van der Waals surface area contributed by atoms with Gasteiger partial charge in [0.1, 0.15) is 24.2 Å². The monoisotopic (exact) mass is 456 g/mol. The third kappa shape index (κ3) is 6.81. The highest BCUT2D eigenvalue weighted by Gasteiger charge is 2.40. The third-order valence-corrected chi connectivity index (χ3v) is 5.16. The van der Waals surface area contributed by atoms with Crippen molar-refractivity contribution in [3.8, 4) is 5.75 Å². The molecule has 1 saturated heterocycles. The Labute approximate surface area is 196 Å². The number of nitrogens with zero attached hydrogens (tertiary/aromatic N) is 3. The number of hydrogen-bond donors (Lipinski definition) is 1. The zero-order valence-corrected chi connectivity index (χ0v) is 20.7. The molecule has 0 aliphatic carbocycles. The molecule has 1 fully saturated rings. The lowest BCUT2D eigenvalue weighted by molar-refractivity contribution is -0.0618. The lowest BCUT2D eigenvalue weighted by atomic mass is 10.1. The van der Waals surface area contributed by atoms with Crippen molar-refractivity contribution < 1.29 is 19.0 Å². The van der Waals surface area contributed by atoms with Crippen molar-refractivity contribution >= 4 is 17.9 Å². The van der Waals surface area contributed by atoms with Crippen LogP contribution in [0, 0.1) is 5.92 Å². The van der Waals surface area contributed by atoms with Gasteiger partial charge in [-0.05, 0) is 64.3 Å². The summed E-state index contributed by atoms with van der Waals surface area (Å²) in [5, 5.41) is 3.32. The molecule has 0 saturated carbocycles. The SMILES string of the molecule is CC(C)COc1cccc([C@H](C)Nc2nccc(N3C(=O)OC[C@@H]3[C@@H](C)OC(C)(C)C)n2)c1. The maximum atomic E-state index is 12.5. The van der Waals surface area contributed by atoms with Gasteiger partial charge in [-0.2, -0.15) is 4.98 Å². The molecule has 0 spiro atoms. The van der Waals surface area contributed by atoms with Crippen molar-refractivity contribution in [3.63, 3.8) is 0 Å². The predicted molar refractivity (Wildman–Crippen MR) is 129 cm³/mol. The van der Waals surface area contributed by atoms with Gasteiger partial charge in [-0.25, -0.2) is 9.78 Å². The van der Waals surface area contributed by atoms with E-state index in [1.807, 2.05) is 58.9 Å². The Kier molecular flexibility index (Phi) is 7.79. The van der Waals surface area contributed by atoms with Crippen LogP contribution in [0.5, 0.6) is 5.75 Å². The van der Waals surface area contributed by atoms with E-state index < -0.39 is 6.09 Å². The zero-order chi connectivity index (χ0) is 24.2. The maximum Gasteiger partial charge on any atom is 0.416 e. The molecule has 0 bridgehead atoms. The first-order valence-electron chi connectivity index (χ1n) is 11.5. The van der Waals surface area contributed by atoms with Gasteiger partial charge in [0.25, 0.3) is 0 Å². The number of amides is 1. The molecule has 2 aromatic rings. The number of anilines is 2. The first-order valence-corrected chi connectivity index (χ1v) is 11.5. The molecule has 1 aliphatic rings. The highest BCUT2D eigenvalue weighted by Crippen LogP contribution is 2.28. The summed E-state index contributed by atoms with van der Waals surface area (Å²) in [5.74, 6) is 2.19. The number of rotatable bonds is 9. The molecule has 8 nitrogen and oxygen atoms in total. The molecule has 3 rings (SSSR count). The quantitative estimate of drug-likeness (QED) is 0.554. The number of carbonyl (C=O) groups is 1. The summed E-state index contributed by atoms with van der Waals surface area (Å²) < 4.78 is 17.2. The summed E-state index contributed by atoms with van der Waals surface area (Å²) in [6, 6.07) is 9.35. The number of cyclic esters (lactones) is 1. The van der Waals surface area contributed by atoms with Gasteiger partial charge in [0, 0.05) is 6.20 Å². The van der Waals surface area contributed by atoms with Crippen molar-refractivity contribution in [3.05, 3.63) is 42.1 Å². The lowest BCUT2D eigenvalue weighted by Gasteiger charge is -2.31. The van der Waals surface area contributed by atoms with Crippen molar-refractivity contribution in [1.29, 1.82) is 0 Å². The minimum absolute atomic E-state index is 0.0627. The molecule has 3 atom stereocenters. The third-order valence-electron chi connectivity index (χ3n) is 5.16. The summed E-state index contributed by atoms with van der Waals surface area (Å²) in [7, 11) is 0. The van der Waals surface area contributed by atoms with Crippen LogP contribution in [0.4, 0.5) is 16.6 Å². The molecule has 0 unspecified atom stereocenters. The number of carbonyl (C=O) groups excluding carboxylic acids is 1. The normalized spacial score (nSPS) is 18.2. The Bertz CT molecular complexity index is 944. The first-order chi connectivity index (χ1) is 15.5. The van der Waals surface area contributed by atoms with Crippen LogP contribution in [0.2, 0.25) is 0 Å². The Balaban J connectivity index is 1.74. The molecule has 180 valence electrons. The molecule has 33 heavy (non-hydrogen) atoms. The number of aromatic nitrogens is 2. The van der Waals surface area contributed by atoms with Crippen molar-refractivity contribution in [2.75, 3.05) is 23.4 Å². The van der Waals surface area contributed by atoms with Crippen LogP contribution in [0.3, 0.4) is 0 Å². The Morgan fingerprint density at radius 3 is 2.67 bits per heavy atom. The van der Waals surface area contributed by atoms with Crippen molar-refractivity contribution in [1.82, 2.24) is 9.97 Å². The predicted octanol–water partition coefficient (Wildman–Crippen LogP) is 5.21. The van der Waals surface area contributed by atoms with E-state index in [4.69, 9.17) is 14.2 Å². The number of ether oxygens (including phenoxy) is 3. The summed E-state index contributed by atoms with van der Waals surface area (Å²) in [4.78, 5) is 23.0. The topological polar surface area (TPSA) is 85.8 Å². The fourth-order valence-electron chi connectivity index (χ4n) is 3.65. The van der Waals surface area contributed by atoms with Gasteiger partial charge in [-0.1, -0.05) is 26.0 Å². The second-order valence-electron chi connectivity index (χ2n) is 9.83. The van der Waals surface area contributed by atoms with Gasteiger partial charge in [0.15, 0.2) is 0 Å². The Hall–Kier alpha value is -2.87. The first kappa shape index (κ1) is 24.8. The molecule has 1 aliphatic heterocycles. The largest absolute Gasteiger partial charge is 0.493 e. The smallest absolute Gasteiger partial charge is 0.416 e. The fourth-order valence-corrected chi connectivity index (χ4v) is 3.65. The van der Waals surface area contributed by atoms with Crippen molar-refractivity contribution in [2.24, 2.45) is 5.92 Å². The van der Waals surface area contributed by atoms with E-state index in [1.165, 1.54) is 0 Å². The average molecular weight is 457 g/mol. The molecular formula is C25H36N4O4. The van der Waals surface area contributed by atoms with Crippen LogP contribution in [0.15, 0.2) is 36.5 Å². The molecule has 8 heteroatoms. The van der Waals surface area contributed by atoms with Crippen molar-refractivity contribution in [2.45, 2.75) is 72.3 Å². The summed E-state index contributed by atoms with van der Waals surface area (Å²) in [6.45, 7) is 15.1. The number of nitrogens with one attached hydrogen (secondary N) is 1. The Morgan fingerprint density at radius 2 is 1.97 bits per heavy atom. The van der Waals surface area contributed by atoms with E-state index in [1.54, 1.807) is 17.2 Å². The highest BCUT2D eigenvalue weighted by atomic mass is 16.6. The van der Waals surface area contributed by atoms with Crippen LogP contribution in [0.1, 0.15) is 60.1 Å². The zero-order valence-electron chi connectivity index (χ0n) is 20.7. The van der Waals surface area contributed by atoms with Crippen LogP contribution in [0.25, 0.3) is 0 Å². The minimum atomic E-state index is -0.433. The van der Waals surface area contributed by atoms with Gasteiger partial charge < -0.3 is 19.5 Å². The number of hydrogen-bond acceptors (Lipinski definition) is 7. The summed E-state index contributed by atoms with van der Waals surface area (Å²) in [6.07, 6.45) is 0.977. The summed E-state index contributed by atoms with van der Waals surface area (Å²) >= 11 is 0. The Morgan fingerprint density at radius 1 is 1.21 bits per heavy atom. The van der Waals surface area contributed by atoms with E-state index >= 15 is 0 Å². The van der Waals surface area contributed by atoms with Crippen LogP contribution in [-0.2, 0) is 9.47 Å². The lowest BCUT2D eigenvalue weighted by Crippen LogP contribution is -2.45. The second-order valence-corrected chi connectivity index (χ2v) is 9.83. The molecule has 1 amide bonds. The summed E-state index contributed by atoms with van der Waals surface area (Å²) in [5.41, 5.74) is 0.716. The van der Waals surface area contributed by atoms with Gasteiger partial charge >= 0.3 is 6.09 Å². The molecule has 0 radical (unpaired) electrons. The minimum Gasteiger partial charge on any atom is -0.493 e. The van der Waals surface area contributed by atoms with Gasteiger partial charge in [0.2, 0.25) is 5.95 Å². The van der Waals surface area contributed by atoms with E-state index in [0.29, 0.717) is 24.3 Å². The van der Waals surface area contributed by atoms with Crippen LogP contribution >= 0.6 is 0 Å².